The van der Waals surface area contributed by atoms with E-state index in [2.05, 4.69) is 30.5 Å². The first-order valence-electron chi connectivity index (χ1n) is 7.72. The molecule has 3 aromatic rings. The second-order valence-electron chi connectivity index (χ2n) is 5.53. The summed E-state index contributed by atoms with van der Waals surface area (Å²) in [5.41, 5.74) is 11.2. The Morgan fingerprint density at radius 1 is 0.917 bits per heavy atom. The predicted molar refractivity (Wildman–Crippen MR) is 101 cm³/mol. The van der Waals surface area contributed by atoms with Crippen molar-refractivity contribution in [2.45, 2.75) is 10.9 Å². The number of hydrogen-bond acceptors (Lipinski definition) is 3. The number of thioether (sulfide) groups is 1. The van der Waals surface area contributed by atoms with Crippen molar-refractivity contribution in [1.82, 2.24) is 0 Å². The van der Waals surface area contributed by atoms with Crippen LogP contribution >= 0.6 is 11.8 Å². The monoisotopic (exact) mass is 330 g/mol. The van der Waals surface area contributed by atoms with Gasteiger partial charge in [0.25, 0.3) is 0 Å². The minimum Gasteiger partial charge on any atom is -0.320 e. The maximum Gasteiger partial charge on any atom is 0.0998 e. The molecule has 0 saturated heterocycles. The van der Waals surface area contributed by atoms with Crippen LogP contribution in [0.25, 0.3) is 11.1 Å². The van der Waals surface area contributed by atoms with Crippen LogP contribution < -0.4 is 5.73 Å². The molecule has 0 aromatic heterocycles. The third kappa shape index (κ3) is 3.35. The largest absolute Gasteiger partial charge is 0.320 e. The van der Waals surface area contributed by atoms with E-state index in [-0.39, 0.29) is 6.04 Å². The second-order valence-corrected chi connectivity index (χ2v) is 6.41. The molecule has 0 bridgehead atoms. The fourth-order valence-corrected chi connectivity index (χ4v) is 3.20. The highest BCUT2D eigenvalue weighted by Gasteiger charge is 2.10. The highest BCUT2D eigenvalue weighted by atomic mass is 32.2. The molecule has 1 unspecified atom stereocenters. The van der Waals surface area contributed by atoms with Crippen molar-refractivity contribution in [2.24, 2.45) is 5.73 Å². The normalized spacial score (nSPS) is 11.7. The number of hydrogen-bond donors (Lipinski definition) is 1. The van der Waals surface area contributed by atoms with Crippen LogP contribution in [0, 0.1) is 11.3 Å². The standard InChI is InChI=1S/C21H18N2S/c1-24-19-7-4-6-17(13-19)21(23)16-11-9-15(10-12-16)20-8-3-2-5-18(20)14-22/h2-13,21H,23H2,1H3. The summed E-state index contributed by atoms with van der Waals surface area (Å²) >= 11 is 1.71. The summed E-state index contributed by atoms with van der Waals surface area (Å²) in [4.78, 5) is 1.21. The van der Waals surface area contributed by atoms with Gasteiger partial charge in [-0.1, -0.05) is 54.6 Å². The molecule has 0 aliphatic heterocycles. The zero-order valence-corrected chi connectivity index (χ0v) is 14.3. The van der Waals surface area contributed by atoms with Gasteiger partial charge in [-0.05, 0) is 46.7 Å². The molecule has 3 heteroatoms. The Labute approximate surface area is 146 Å². The van der Waals surface area contributed by atoms with E-state index >= 15 is 0 Å². The van der Waals surface area contributed by atoms with Gasteiger partial charge in [0.05, 0.1) is 17.7 Å². The van der Waals surface area contributed by atoms with Gasteiger partial charge in [-0.3, -0.25) is 0 Å². The topological polar surface area (TPSA) is 49.8 Å². The highest BCUT2D eigenvalue weighted by molar-refractivity contribution is 7.98. The van der Waals surface area contributed by atoms with Crippen LogP contribution in [0.15, 0.2) is 77.7 Å². The van der Waals surface area contributed by atoms with Gasteiger partial charge in [0.15, 0.2) is 0 Å². The molecule has 0 amide bonds. The Balaban J connectivity index is 1.90. The molecule has 24 heavy (non-hydrogen) atoms. The summed E-state index contributed by atoms with van der Waals surface area (Å²) in [6.07, 6.45) is 2.06. The summed E-state index contributed by atoms with van der Waals surface area (Å²) in [7, 11) is 0. The summed E-state index contributed by atoms with van der Waals surface area (Å²) in [6.45, 7) is 0. The summed E-state index contributed by atoms with van der Waals surface area (Å²) < 4.78 is 0. The molecular formula is C21H18N2S. The summed E-state index contributed by atoms with van der Waals surface area (Å²) in [5.74, 6) is 0. The van der Waals surface area contributed by atoms with Gasteiger partial charge in [0.1, 0.15) is 0 Å². The van der Waals surface area contributed by atoms with E-state index in [1.165, 1.54) is 4.90 Å². The molecule has 0 aliphatic rings. The van der Waals surface area contributed by atoms with Gasteiger partial charge in [-0.25, -0.2) is 0 Å². The lowest BCUT2D eigenvalue weighted by Crippen LogP contribution is -2.11. The van der Waals surface area contributed by atoms with E-state index in [1.54, 1.807) is 11.8 Å². The second kappa shape index (κ2) is 7.35. The molecule has 0 saturated carbocycles. The van der Waals surface area contributed by atoms with Crippen molar-refractivity contribution in [3.63, 3.8) is 0 Å². The summed E-state index contributed by atoms with van der Waals surface area (Å²) in [6, 6.07) is 26.2. The maximum absolute atomic E-state index is 9.25. The Morgan fingerprint density at radius 3 is 2.38 bits per heavy atom. The van der Waals surface area contributed by atoms with Gasteiger partial charge < -0.3 is 5.73 Å². The zero-order valence-electron chi connectivity index (χ0n) is 13.4. The van der Waals surface area contributed by atoms with Crippen LogP contribution in [-0.4, -0.2) is 6.26 Å². The van der Waals surface area contributed by atoms with Crippen molar-refractivity contribution in [3.8, 4) is 17.2 Å². The lowest BCUT2D eigenvalue weighted by molar-refractivity contribution is 0.867. The lowest BCUT2D eigenvalue weighted by atomic mass is 9.95. The van der Waals surface area contributed by atoms with E-state index in [9.17, 15) is 5.26 Å². The molecule has 2 N–H and O–H groups in total. The Bertz CT molecular complexity index is 879. The van der Waals surface area contributed by atoms with Crippen LogP contribution in [0.3, 0.4) is 0 Å². The number of nitrogens with two attached hydrogens (primary N) is 1. The SMILES string of the molecule is CSc1cccc(C(N)c2ccc(-c3ccccc3C#N)cc2)c1. The van der Waals surface area contributed by atoms with Crippen LogP contribution in [0.4, 0.5) is 0 Å². The van der Waals surface area contributed by atoms with E-state index in [4.69, 9.17) is 5.73 Å². The van der Waals surface area contributed by atoms with Crippen molar-refractivity contribution in [1.29, 1.82) is 5.26 Å². The first-order chi connectivity index (χ1) is 11.7. The summed E-state index contributed by atoms with van der Waals surface area (Å²) in [5, 5.41) is 9.25. The molecule has 0 aliphatic carbocycles. The van der Waals surface area contributed by atoms with Crippen molar-refractivity contribution < 1.29 is 0 Å². The first kappa shape index (κ1) is 16.3. The van der Waals surface area contributed by atoms with E-state index < -0.39 is 0 Å². The van der Waals surface area contributed by atoms with Gasteiger partial charge in [-0.15, -0.1) is 11.8 Å². The third-order valence-corrected chi connectivity index (χ3v) is 4.81. The molecule has 3 rings (SSSR count). The van der Waals surface area contributed by atoms with Crippen LogP contribution in [-0.2, 0) is 0 Å². The molecule has 118 valence electrons. The van der Waals surface area contributed by atoms with E-state index in [1.807, 2.05) is 54.6 Å². The number of nitriles is 1. The van der Waals surface area contributed by atoms with Crippen LogP contribution in [0.5, 0.6) is 0 Å². The molecule has 0 radical (unpaired) electrons. The fraction of sp³-hybridized carbons (Fsp3) is 0.0952. The quantitative estimate of drug-likeness (QED) is 0.685. The molecule has 0 spiro atoms. The van der Waals surface area contributed by atoms with E-state index in [0.29, 0.717) is 5.56 Å². The fourth-order valence-electron chi connectivity index (χ4n) is 2.73. The minimum atomic E-state index is -0.155. The van der Waals surface area contributed by atoms with Gasteiger partial charge >= 0.3 is 0 Å². The van der Waals surface area contributed by atoms with Gasteiger partial charge in [0, 0.05) is 4.90 Å². The van der Waals surface area contributed by atoms with Crippen LogP contribution in [0.2, 0.25) is 0 Å². The Kier molecular flexibility index (Phi) is 5.00. The molecular weight excluding hydrogens is 312 g/mol. The lowest BCUT2D eigenvalue weighted by Gasteiger charge is -2.14. The number of benzene rings is 3. The third-order valence-electron chi connectivity index (χ3n) is 4.08. The molecule has 3 aromatic carbocycles. The van der Waals surface area contributed by atoms with Gasteiger partial charge in [-0.2, -0.15) is 5.26 Å². The highest BCUT2D eigenvalue weighted by Crippen LogP contribution is 2.27. The smallest absolute Gasteiger partial charge is 0.0998 e. The number of nitrogens with zero attached hydrogens (tertiary/aromatic N) is 1. The molecule has 2 nitrogen and oxygen atoms in total. The van der Waals surface area contributed by atoms with Crippen molar-refractivity contribution in [2.75, 3.05) is 6.26 Å². The van der Waals surface area contributed by atoms with Gasteiger partial charge in [0.2, 0.25) is 0 Å². The Morgan fingerprint density at radius 2 is 1.67 bits per heavy atom. The molecule has 1 atom stereocenters. The zero-order chi connectivity index (χ0) is 16.9. The van der Waals surface area contributed by atoms with Crippen molar-refractivity contribution >= 4 is 11.8 Å². The van der Waals surface area contributed by atoms with E-state index in [0.717, 1.165) is 22.3 Å². The minimum absolute atomic E-state index is 0.155. The van der Waals surface area contributed by atoms with Crippen molar-refractivity contribution in [3.05, 3.63) is 89.5 Å². The predicted octanol–water partition coefficient (Wildman–Crippen LogP) is 5.00. The molecule has 0 fully saturated rings. The maximum atomic E-state index is 9.25. The average Bonchev–Trinajstić information content (AvgIpc) is 2.67. The Hall–Kier alpha value is -2.54. The average molecular weight is 330 g/mol. The first-order valence-corrected chi connectivity index (χ1v) is 8.94. The number of rotatable bonds is 4. The van der Waals surface area contributed by atoms with Crippen LogP contribution in [0.1, 0.15) is 22.7 Å². The molecule has 0 heterocycles.